The molecule has 1 N–H and O–H groups in total. The number of hydrogen-bond acceptors (Lipinski definition) is 5. The minimum absolute atomic E-state index is 0.198. The van der Waals surface area contributed by atoms with Crippen LogP contribution >= 0.6 is 0 Å². The predicted octanol–water partition coefficient (Wildman–Crippen LogP) is 0.126. The Kier molecular flexibility index (Phi) is 3.89. The van der Waals surface area contributed by atoms with Crippen molar-refractivity contribution >= 4 is 17.0 Å². The molecule has 108 valence electrons. The molecule has 0 aromatic carbocycles. The van der Waals surface area contributed by atoms with Gasteiger partial charge in [0.1, 0.15) is 17.5 Å². The van der Waals surface area contributed by atoms with Crippen LogP contribution in [-0.4, -0.2) is 47.5 Å². The first kappa shape index (κ1) is 14.3. The topological polar surface area (TPSA) is 80.4 Å². The molecule has 2 rings (SSSR count). The Morgan fingerprint density at radius 1 is 1.50 bits per heavy atom. The first-order chi connectivity index (χ1) is 9.41. The summed E-state index contributed by atoms with van der Waals surface area (Å²) in [5.74, 6) is 0.0892. The zero-order valence-corrected chi connectivity index (χ0v) is 12.1. The van der Waals surface area contributed by atoms with Crippen molar-refractivity contribution in [3.05, 3.63) is 28.0 Å². The lowest BCUT2D eigenvalue weighted by Gasteiger charge is -2.10. The third-order valence-electron chi connectivity index (χ3n) is 3.02. The van der Waals surface area contributed by atoms with E-state index >= 15 is 0 Å². The summed E-state index contributed by atoms with van der Waals surface area (Å²) < 4.78 is 6.72. The van der Waals surface area contributed by atoms with Crippen molar-refractivity contribution in [1.29, 1.82) is 0 Å². The van der Waals surface area contributed by atoms with Crippen LogP contribution in [0.3, 0.4) is 0 Å². The molecular formula is C13H18N4O3. The number of rotatable bonds is 4. The van der Waals surface area contributed by atoms with Gasteiger partial charge in [0.05, 0.1) is 5.56 Å². The van der Waals surface area contributed by atoms with E-state index in [1.165, 1.54) is 10.9 Å². The number of nitrogens with zero attached hydrogens (tertiary/aromatic N) is 3. The van der Waals surface area contributed by atoms with Gasteiger partial charge in [-0.3, -0.25) is 9.59 Å². The van der Waals surface area contributed by atoms with E-state index in [4.69, 9.17) is 4.42 Å². The van der Waals surface area contributed by atoms with Crippen LogP contribution in [0.4, 0.5) is 0 Å². The molecule has 0 bridgehead atoms. The fraction of sp³-hybridized carbons (Fsp3) is 0.462. The predicted molar refractivity (Wildman–Crippen MR) is 74.9 cm³/mol. The summed E-state index contributed by atoms with van der Waals surface area (Å²) in [7, 11) is 5.43. The molecule has 0 atom stereocenters. The molecule has 0 aliphatic carbocycles. The molecule has 2 aromatic heterocycles. The van der Waals surface area contributed by atoms with Gasteiger partial charge in [0, 0.05) is 20.1 Å². The lowest BCUT2D eigenvalue weighted by molar-refractivity contribution is 0.0951. The molecule has 0 spiro atoms. The average Bonchev–Trinajstić information content (AvgIpc) is 2.70. The molecule has 0 fully saturated rings. The molecular weight excluding hydrogens is 260 g/mol. The van der Waals surface area contributed by atoms with Gasteiger partial charge in [0.15, 0.2) is 0 Å². The van der Waals surface area contributed by atoms with Crippen LogP contribution in [0.1, 0.15) is 16.1 Å². The maximum atomic E-state index is 12.2. The van der Waals surface area contributed by atoms with Crippen molar-refractivity contribution in [2.75, 3.05) is 27.2 Å². The number of hydrogen-bond donors (Lipinski definition) is 1. The first-order valence-electron chi connectivity index (χ1n) is 6.29. The van der Waals surface area contributed by atoms with Crippen molar-refractivity contribution in [2.45, 2.75) is 6.92 Å². The van der Waals surface area contributed by atoms with Gasteiger partial charge in [-0.05, 0) is 21.0 Å². The molecule has 0 aliphatic heterocycles. The Labute approximate surface area is 116 Å². The molecule has 0 saturated carbocycles. The van der Waals surface area contributed by atoms with E-state index in [1.54, 1.807) is 14.0 Å². The number of carbonyl (C=O) groups is 1. The lowest BCUT2D eigenvalue weighted by atomic mass is 10.2. The number of fused-ring (bicyclic) bond motifs is 1. The molecule has 0 radical (unpaired) electrons. The Balaban J connectivity index is 2.38. The molecule has 2 heterocycles. The van der Waals surface area contributed by atoms with Gasteiger partial charge >= 0.3 is 0 Å². The number of aromatic nitrogens is 2. The summed E-state index contributed by atoms with van der Waals surface area (Å²) in [6, 6.07) is 0. The highest BCUT2D eigenvalue weighted by molar-refractivity contribution is 6.06. The monoisotopic (exact) mass is 278 g/mol. The minimum atomic E-state index is -0.312. The summed E-state index contributed by atoms with van der Waals surface area (Å²) in [6.45, 7) is 2.87. The number of likely N-dealkylation sites (N-methyl/N-ethyl adjacent to an activating group) is 1. The average molecular weight is 278 g/mol. The molecule has 0 aliphatic rings. The summed E-state index contributed by atoms with van der Waals surface area (Å²) >= 11 is 0. The quantitative estimate of drug-likeness (QED) is 0.859. The summed E-state index contributed by atoms with van der Waals surface area (Å²) in [5, 5.41) is 3.01. The highest BCUT2D eigenvalue weighted by atomic mass is 16.3. The second-order valence-corrected chi connectivity index (χ2v) is 4.93. The van der Waals surface area contributed by atoms with E-state index in [0.29, 0.717) is 12.3 Å². The Morgan fingerprint density at radius 3 is 2.85 bits per heavy atom. The number of furan rings is 1. The fourth-order valence-corrected chi connectivity index (χ4v) is 1.94. The maximum Gasteiger partial charge on any atom is 0.265 e. The maximum absolute atomic E-state index is 12.2. The van der Waals surface area contributed by atoms with E-state index in [1.807, 2.05) is 19.0 Å². The second-order valence-electron chi connectivity index (χ2n) is 4.93. The standard InChI is InChI=1S/C13H18N4O3/c1-8-9(11(18)14-5-6-16(2)3)10-12(20-8)15-7-17(4)13(10)19/h7H,5-6H2,1-4H3,(H,14,18). The third kappa shape index (κ3) is 2.57. The van der Waals surface area contributed by atoms with Crippen LogP contribution in [0, 0.1) is 6.92 Å². The highest BCUT2D eigenvalue weighted by Gasteiger charge is 2.21. The van der Waals surface area contributed by atoms with E-state index in [0.717, 1.165) is 6.54 Å². The van der Waals surface area contributed by atoms with Crippen molar-refractivity contribution < 1.29 is 9.21 Å². The molecule has 0 unspecified atom stereocenters. The molecule has 1 amide bonds. The molecule has 20 heavy (non-hydrogen) atoms. The van der Waals surface area contributed by atoms with Crippen LogP contribution in [-0.2, 0) is 7.05 Å². The zero-order chi connectivity index (χ0) is 14.9. The van der Waals surface area contributed by atoms with E-state index in [-0.39, 0.29) is 28.1 Å². The summed E-state index contributed by atoms with van der Waals surface area (Å²) in [4.78, 5) is 30.3. The van der Waals surface area contributed by atoms with Crippen LogP contribution in [0.2, 0.25) is 0 Å². The summed E-state index contributed by atoms with van der Waals surface area (Å²) in [5.41, 5.74) is 0.181. The third-order valence-corrected chi connectivity index (χ3v) is 3.02. The molecule has 7 nitrogen and oxygen atoms in total. The van der Waals surface area contributed by atoms with Gasteiger partial charge in [-0.2, -0.15) is 0 Å². The van der Waals surface area contributed by atoms with E-state index < -0.39 is 0 Å². The van der Waals surface area contributed by atoms with Crippen molar-refractivity contribution in [2.24, 2.45) is 7.05 Å². The SMILES string of the molecule is Cc1oc2ncn(C)c(=O)c2c1C(=O)NCCN(C)C. The normalized spacial score (nSPS) is 11.2. The van der Waals surface area contributed by atoms with Crippen molar-refractivity contribution in [3.63, 3.8) is 0 Å². The summed E-state index contributed by atoms with van der Waals surface area (Å²) in [6.07, 6.45) is 1.38. The zero-order valence-electron chi connectivity index (χ0n) is 12.1. The van der Waals surface area contributed by atoms with Crippen LogP contribution in [0.5, 0.6) is 0 Å². The highest BCUT2D eigenvalue weighted by Crippen LogP contribution is 2.20. The van der Waals surface area contributed by atoms with Crippen LogP contribution in [0.15, 0.2) is 15.5 Å². The molecule has 2 aromatic rings. The Morgan fingerprint density at radius 2 is 2.20 bits per heavy atom. The second kappa shape index (κ2) is 5.46. The smallest absolute Gasteiger partial charge is 0.265 e. The number of aryl methyl sites for hydroxylation is 2. The van der Waals surface area contributed by atoms with Gasteiger partial charge in [-0.15, -0.1) is 0 Å². The van der Waals surface area contributed by atoms with E-state index in [2.05, 4.69) is 10.3 Å². The minimum Gasteiger partial charge on any atom is -0.442 e. The van der Waals surface area contributed by atoms with Gasteiger partial charge in [0.2, 0.25) is 5.71 Å². The largest absolute Gasteiger partial charge is 0.442 e. The number of carbonyl (C=O) groups excluding carboxylic acids is 1. The van der Waals surface area contributed by atoms with Crippen LogP contribution in [0.25, 0.3) is 11.1 Å². The van der Waals surface area contributed by atoms with Gasteiger partial charge < -0.3 is 19.2 Å². The fourth-order valence-electron chi connectivity index (χ4n) is 1.94. The van der Waals surface area contributed by atoms with Gasteiger partial charge in [0.25, 0.3) is 11.5 Å². The molecule has 0 saturated heterocycles. The lowest BCUT2D eigenvalue weighted by Crippen LogP contribution is -2.32. The van der Waals surface area contributed by atoms with Crippen molar-refractivity contribution in [1.82, 2.24) is 19.8 Å². The van der Waals surface area contributed by atoms with Gasteiger partial charge in [-0.1, -0.05) is 0 Å². The van der Waals surface area contributed by atoms with E-state index in [9.17, 15) is 9.59 Å². The Hall–Kier alpha value is -2.15. The Bertz CT molecular complexity index is 699. The number of amides is 1. The van der Waals surface area contributed by atoms with Crippen molar-refractivity contribution in [3.8, 4) is 0 Å². The molecule has 7 heteroatoms. The van der Waals surface area contributed by atoms with Gasteiger partial charge in [-0.25, -0.2) is 4.98 Å². The first-order valence-corrected chi connectivity index (χ1v) is 6.29. The van der Waals surface area contributed by atoms with Crippen LogP contribution < -0.4 is 10.9 Å². The number of nitrogens with one attached hydrogen (secondary N) is 1.